The van der Waals surface area contributed by atoms with Gasteiger partial charge in [-0.3, -0.25) is 4.68 Å². The largest absolute Gasteiger partial charge is 0.335 e. The summed E-state index contributed by atoms with van der Waals surface area (Å²) in [6.07, 6.45) is 6.84. The lowest BCUT2D eigenvalue weighted by atomic mass is 10.3. The van der Waals surface area contributed by atoms with Crippen molar-refractivity contribution in [1.82, 2.24) is 29.7 Å². The fourth-order valence-corrected chi connectivity index (χ4v) is 1.44. The third kappa shape index (κ3) is 1.26. The van der Waals surface area contributed by atoms with Gasteiger partial charge in [0.15, 0.2) is 5.65 Å². The quantitative estimate of drug-likeness (QED) is 0.629. The van der Waals surface area contributed by atoms with Crippen LogP contribution in [-0.2, 0) is 7.05 Å². The number of rotatable bonds is 1. The van der Waals surface area contributed by atoms with Crippen LogP contribution in [0, 0.1) is 0 Å². The van der Waals surface area contributed by atoms with Crippen LogP contribution in [0.4, 0.5) is 0 Å². The third-order valence-corrected chi connectivity index (χ3v) is 2.14. The molecule has 0 amide bonds. The van der Waals surface area contributed by atoms with E-state index >= 15 is 0 Å². The highest BCUT2D eigenvalue weighted by atomic mass is 15.2. The van der Waals surface area contributed by atoms with Gasteiger partial charge in [-0.2, -0.15) is 5.10 Å². The summed E-state index contributed by atoms with van der Waals surface area (Å²) in [5.41, 5.74) is 2.44. The minimum absolute atomic E-state index is 0.670. The molecular weight excluding hydrogens is 192 g/mol. The summed E-state index contributed by atoms with van der Waals surface area (Å²) >= 11 is 0. The van der Waals surface area contributed by atoms with E-state index in [-0.39, 0.29) is 0 Å². The second-order valence-electron chi connectivity index (χ2n) is 3.25. The van der Waals surface area contributed by atoms with Crippen molar-refractivity contribution in [2.24, 2.45) is 7.05 Å². The molecule has 0 fully saturated rings. The zero-order chi connectivity index (χ0) is 10.3. The lowest BCUT2D eigenvalue weighted by molar-refractivity contribution is 0.768. The average molecular weight is 200 g/mol. The second kappa shape index (κ2) is 2.88. The topological polar surface area (TPSA) is 72.3 Å². The van der Waals surface area contributed by atoms with Gasteiger partial charge in [-0.15, -0.1) is 0 Å². The molecule has 0 saturated heterocycles. The molecule has 0 aromatic carbocycles. The molecular formula is C9H8N6. The molecule has 0 aliphatic heterocycles. The van der Waals surface area contributed by atoms with Crippen LogP contribution in [0.1, 0.15) is 0 Å². The highest BCUT2D eigenvalue weighted by Gasteiger charge is 2.06. The Kier molecular flexibility index (Phi) is 1.55. The number of aromatic nitrogens is 6. The maximum Gasteiger partial charge on any atom is 0.181 e. The van der Waals surface area contributed by atoms with E-state index in [1.54, 1.807) is 17.1 Å². The first-order valence-corrected chi connectivity index (χ1v) is 4.48. The lowest BCUT2D eigenvalue weighted by Crippen LogP contribution is -1.84. The maximum absolute atomic E-state index is 4.34. The van der Waals surface area contributed by atoms with Gasteiger partial charge in [0, 0.05) is 13.2 Å². The molecule has 1 N–H and O–H groups in total. The molecule has 3 rings (SSSR count). The van der Waals surface area contributed by atoms with Crippen LogP contribution >= 0.6 is 0 Å². The number of aromatic amines is 1. The Morgan fingerprint density at radius 3 is 3.00 bits per heavy atom. The minimum atomic E-state index is 0.670. The van der Waals surface area contributed by atoms with E-state index in [1.807, 2.05) is 13.2 Å². The maximum atomic E-state index is 4.34. The summed E-state index contributed by atoms with van der Waals surface area (Å²) in [7, 11) is 1.87. The van der Waals surface area contributed by atoms with E-state index in [0.717, 1.165) is 16.9 Å². The zero-order valence-corrected chi connectivity index (χ0v) is 8.05. The van der Waals surface area contributed by atoms with Crippen molar-refractivity contribution in [1.29, 1.82) is 0 Å². The fraction of sp³-hybridized carbons (Fsp3) is 0.111. The predicted molar refractivity (Wildman–Crippen MR) is 53.9 cm³/mol. The molecule has 0 bridgehead atoms. The standard InChI is InChI=1S/C9H8N6/c1-15-4-6(2-12-15)8-13-7-3-10-5-11-9(7)14-8/h2-5H,1H3,(H,10,11,13,14). The Labute approximate surface area is 85.0 Å². The molecule has 0 saturated carbocycles. The van der Waals surface area contributed by atoms with Crippen molar-refractivity contribution in [2.75, 3.05) is 0 Å². The number of fused-ring (bicyclic) bond motifs is 1. The average Bonchev–Trinajstić information content (AvgIpc) is 2.82. The van der Waals surface area contributed by atoms with Crippen LogP contribution in [0.25, 0.3) is 22.6 Å². The molecule has 74 valence electrons. The molecule has 6 nitrogen and oxygen atoms in total. The van der Waals surface area contributed by atoms with E-state index in [9.17, 15) is 0 Å². The van der Waals surface area contributed by atoms with Gasteiger partial charge >= 0.3 is 0 Å². The highest BCUT2D eigenvalue weighted by molar-refractivity contribution is 5.74. The molecule has 0 spiro atoms. The van der Waals surface area contributed by atoms with E-state index < -0.39 is 0 Å². The lowest BCUT2D eigenvalue weighted by Gasteiger charge is -1.86. The summed E-state index contributed by atoms with van der Waals surface area (Å²) in [5.74, 6) is 0.763. The Morgan fingerprint density at radius 1 is 1.33 bits per heavy atom. The molecule has 3 aromatic rings. The van der Waals surface area contributed by atoms with Gasteiger partial charge in [-0.25, -0.2) is 15.0 Å². The van der Waals surface area contributed by atoms with Crippen molar-refractivity contribution in [3.8, 4) is 11.4 Å². The van der Waals surface area contributed by atoms with Gasteiger partial charge in [-0.05, 0) is 0 Å². The predicted octanol–water partition coefficient (Wildman–Crippen LogP) is 0.753. The number of nitrogens with one attached hydrogen (secondary N) is 1. The zero-order valence-electron chi connectivity index (χ0n) is 8.05. The summed E-state index contributed by atoms with van der Waals surface area (Å²) in [6, 6.07) is 0. The number of imidazole rings is 1. The normalized spacial score (nSPS) is 11.0. The second-order valence-corrected chi connectivity index (χ2v) is 3.25. The molecule has 0 atom stereocenters. The van der Waals surface area contributed by atoms with Gasteiger partial charge in [0.25, 0.3) is 0 Å². The summed E-state index contributed by atoms with van der Waals surface area (Å²) in [5, 5.41) is 4.08. The molecule has 3 aromatic heterocycles. The number of nitrogens with zero attached hydrogens (tertiary/aromatic N) is 5. The first-order valence-electron chi connectivity index (χ1n) is 4.48. The van der Waals surface area contributed by atoms with Crippen LogP contribution in [0.5, 0.6) is 0 Å². The molecule has 6 heteroatoms. The van der Waals surface area contributed by atoms with Crippen molar-refractivity contribution in [3.63, 3.8) is 0 Å². The van der Waals surface area contributed by atoms with E-state index in [0.29, 0.717) is 5.65 Å². The van der Waals surface area contributed by atoms with E-state index in [2.05, 4.69) is 25.0 Å². The number of aryl methyl sites for hydroxylation is 1. The van der Waals surface area contributed by atoms with Gasteiger partial charge in [0.2, 0.25) is 0 Å². The smallest absolute Gasteiger partial charge is 0.181 e. The Morgan fingerprint density at radius 2 is 2.27 bits per heavy atom. The SMILES string of the molecule is Cn1cc(-c2nc3ncncc3[nH]2)cn1. The molecule has 0 unspecified atom stereocenters. The van der Waals surface area contributed by atoms with Crippen LogP contribution in [0.2, 0.25) is 0 Å². The summed E-state index contributed by atoms with van der Waals surface area (Å²) < 4.78 is 1.73. The number of hydrogen-bond donors (Lipinski definition) is 1. The van der Waals surface area contributed by atoms with Crippen LogP contribution < -0.4 is 0 Å². The first-order chi connectivity index (χ1) is 7.33. The molecule has 0 aliphatic carbocycles. The molecule has 0 radical (unpaired) electrons. The monoisotopic (exact) mass is 200 g/mol. The van der Waals surface area contributed by atoms with Gasteiger partial charge < -0.3 is 4.98 Å². The number of hydrogen-bond acceptors (Lipinski definition) is 4. The van der Waals surface area contributed by atoms with E-state index in [1.165, 1.54) is 6.33 Å². The first kappa shape index (κ1) is 8.10. The highest BCUT2D eigenvalue weighted by Crippen LogP contribution is 2.17. The third-order valence-electron chi connectivity index (χ3n) is 2.14. The van der Waals surface area contributed by atoms with Crippen LogP contribution in [-0.4, -0.2) is 29.7 Å². The number of H-pyrrole nitrogens is 1. The fourth-order valence-electron chi connectivity index (χ4n) is 1.44. The van der Waals surface area contributed by atoms with Crippen molar-refractivity contribution < 1.29 is 0 Å². The Hall–Kier alpha value is -2.24. The van der Waals surface area contributed by atoms with Crippen LogP contribution in [0.3, 0.4) is 0 Å². The Bertz CT molecular complexity index is 575. The molecule has 15 heavy (non-hydrogen) atoms. The molecule has 0 aliphatic rings. The van der Waals surface area contributed by atoms with Crippen molar-refractivity contribution in [2.45, 2.75) is 0 Å². The van der Waals surface area contributed by atoms with Gasteiger partial charge in [0.1, 0.15) is 17.7 Å². The van der Waals surface area contributed by atoms with Crippen LogP contribution in [0.15, 0.2) is 24.9 Å². The van der Waals surface area contributed by atoms with Gasteiger partial charge in [-0.1, -0.05) is 0 Å². The molecule has 3 heterocycles. The Balaban J connectivity index is 2.19. The van der Waals surface area contributed by atoms with E-state index in [4.69, 9.17) is 0 Å². The van der Waals surface area contributed by atoms with Crippen molar-refractivity contribution in [3.05, 3.63) is 24.9 Å². The minimum Gasteiger partial charge on any atom is -0.335 e. The van der Waals surface area contributed by atoms with Gasteiger partial charge in [0.05, 0.1) is 18.0 Å². The summed E-state index contributed by atoms with van der Waals surface area (Å²) in [6.45, 7) is 0. The summed E-state index contributed by atoms with van der Waals surface area (Å²) in [4.78, 5) is 15.4. The van der Waals surface area contributed by atoms with Crippen molar-refractivity contribution >= 4 is 11.2 Å².